The predicted octanol–water partition coefficient (Wildman–Crippen LogP) is 6.13. The van der Waals surface area contributed by atoms with Crippen LogP contribution in [0.15, 0.2) is 65.1 Å². The van der Waals surface area contributed by atoms with Crippen molar-refractivity contribution in [1.29, 1.82) is 0 Å². The summed E-state index contributed by atoms with van der Waals surface area (Å²) in [5.41, 5.74) is 6.08. The predicted molar refractivity (Wildman–Crippen MR) is 136 cm³/mol. The molecule has 0 saturated heterocycles. The van der Waals surface area contributed by atoms with E-state index in [1.165, 1.54) is 23.1 Å². The van der Waals surface area contributed by atoms with E-state index in [0.717, 1.165) is 44.1 Å². The van der Waals surface area contributed by atoms with Gasteiger partial charge in [0.15, 0.2) is 15.9 Å². The summed E-state index contributed by atoms with van der Waals surface area (Å²) in [7, 11) is 0. The zero-order chi connectivity index (χ0) is 22.9. The number of thioether (sulfide) groups is 1. The second kappa shape index (κ2) is 8.96. The number of hydrogen-bond donors (Lipinski definition) is 1. The van der Waals surface area contributed by atoms with E-state index in [1.807, 2.05) is 48.7 Å². The van der Waals surface area contributed by atoms with E-state index in [2.05, 4.69) is 56.9 Å². The lowest BCUT2D eigenvalue weighted by atomic mass is 10.1. The molecule has 166 valence electrons. The van der Waals surface area contributed by atoms with Crippen LogP contribution in [0.4, 0.5) is 5.13 Å². The van der Waals surface area contributed by atoms with Crippen LogP contribution in [-0.4, -0.2) is 30.7 Å². The Bertz CT molecular complexity index is 1460. The van der Waals surface area contributed by atoms with Crippen molar-refractivity contribution in [3.8, 4) is 11.3 Å². The summed E-state index contributed by atoms with van der Waals surface area (Å²) in [4.78, 5) is 17.7. The van der Waals surface area contributed by atoms with Crippen molar-refractivity contribution >= 4 is 50.7 Å². The zero-order valence-corrected chi connectivity index (χ0v) is 20.2. The number of aromatic nitrogens is 4. The molecule has 0 aliphatic heterocycles. The van der Waals surface area contributed by atoms with Gasteiger partial charge in [-0.1, -0.05) is 67.2 Å². The maximum atomic E-state index is 13.1. The van der Waals surface area contributed by atoms with E-state index < -0.39 is 0 Å². The molecular formula is C25H23N5OS2. The average Bonchev–Trinajstić information content (AvgIpc) is 3.45. The number of benzene rings is 2. The first-order chi connectivity index (χ1) is 16.0. The third-order valence-electron chi connectivity index (χ3n) is 5.60. The van der Waals surface area contributed by atoms with Crippen molar-refractivity contribution in [2.24, 2.45) is 0 Å². The minimum absolute atomic E-state index is 0.0821. The Kier molecular flexibility index (Phi) is 5.86. The van der Waals surface area contributed by atoms with Crippen molar-refractivity contribution in [3.05, 3.63) is 71.1 Å². The van der Waals surface area contributed by atoms with Gasteiger partial charge in [-0.15, -0.1) is 21.5 Å². The van der Waals surface area contributed by atoms with Crippen LogP contribution < -0.4 is 5.32 Å². The Morgan fingerprint density at radius 2 is 1.91 bits per heavy atom. The maximum Gasteiger partial charge on any atom is 0.239 e. The lowest BCUT2D eigenvalue weighted by Crippen LogP contribution is -2.24. The smallest absolute Gasteiger partial charge is 0.239 e. The Labute approximate surface area is 200 Å². The Morgan fingerprint density at radius 3 is 2.70 bits per heavy atom. The van der Waals surface area contributed by atoms with Gasteiger partial charge in [0.1, 0.15) is 0 Å². The number of rotatable bonds is 6. The molecule has 0 aliphatic rings. The monoisotopic (exact) mass is 473 g/mol. The van der Waals surface area contributed by atoms with Crippen molar-refractivity contribution in [2.75, 3.05) is 5.32 Å². The van der Waals surface area contributed by atoms with Crippen molar-refractivity contribution in [2.45, 2.75) is 37.6 Å². The zero-order valence-electron chi connectivity index (χ0n) is 18.6. The van der Waals surface area contributed by atoms with E-state index in [-0.39, 0.29) is 11.2 Å². The molecular weight excluding hydrogens is 450 g/mol. The number of carbonyl (C=O) groups excluding carboxylic acids is 1. The topological polar surface area (TPSA) is 72.2 Å². The molecule has 1 atom stereocenters. The van der Waals surface area contributed by atoms with E-state index in [9.17, 15) is 4.79 Å². The number of pyridine rings is 1. The van der Waals surface area contributed by atoms with Gasteiger partial charge in [0.2, 0.25) is 5.91 Å². The van der Waals surface area contributed by atoms with Crippen LogP contribution in [0.5, 0.6) is 0 Å². The Hall–Kier alpha value is -3.23. The highest BCUT2D eigenvalue weighted by Gasteiger charge is 2.23. The summed E-state index contributed by atoms with van der Waals surface area (Å²) in [6.45, 7) is 6.18. The largest absolute Gasteiger partial charge is 0.301 e. The first-order valence-corrected chi connectivity index (χ1v) is 12.5. The van der Waals surface area contributed by atoms with Crippen LogP contribution in [0, 0.1) is 13.8 Å². The van der Waals surface area contributed by atoms with Crippen LogP contribution in [0.2, 0.25) is 0 Å². The van der Waals surface area contributed by atoms with Crippen molar-refractivity contribution in [1.82, 2.24) is 19.6 Å². The van der Waals surface area contributed by atoms with Gasteiger partial charge in [-0.2, -0.15) is 0 Å². The van der Waals surface area contributed by atoms with Crippen LogP contribution in [-0.2, 0) is 4.79 Å². The quantitative estimate of drug-likeness (QED) is 0.300. The molecule has 1 N–H and O–H groups in total. The molecule has 3 aromatic heterocycles. The highest BCUT2D eigenvalue weighted by molar-refractivity contribution is 8.00. The van der Waals surface area contributed by atoms with Gasteiger partial charge in [0.25, 0.3) is 0 Å². The third-order valence-corrected chi connectivity index (χ3v) is 7.67. The Balaban J connectivity index is 1.42. The average molecular weight is 474 g/mol. The fraction of sp³-hybridized carbons (Fsp3) is 0.200. The number of fused-ring (bicyclic) bond motifs is 3. The number of amides is 1. The molecule has 5 rings (SSSR count). The number of carbonyl (C=O) groups is 1. The van der Waals surface area contributed by atoms with Gasteiger partial charge >= 0.3 is 0 Å². The van der Waals surface area contributed by atoms with Gasteiger partial charge in [-0.25, -0.2) is 4.98 Å². The van der Waals surface area contributed by atoms with Gasteiger partial charge < -0.3 is 5.32 Å². The number of hydrogen-bond acceptors (Lipinski definition) is 6. The summed E-state index contributed by atoms with van der Waals surface area (Å²) in [5.74, 6) is -0.0821. The number of nitrogens with zero attached hydrogens (tertiary/aromatic N) is 4. The number of nitrogens with one attached hydrogen (secondary N) is 1. The normalized spacial score (nSPS) is 12.3. The lowest BCUT2D eigenvalue weighted by molar-refractivity contribution is -0.115. The van der Waals surface area contributed by atoms with Gasteiger partial charge in [-0.3, -0.25) is 9.20 Å². The van der Waals surface area contributed by atoms with Crippen molar-refractivity contribution in [3.63, 3.8) is 0 Å². The molecule has 1 unspecified atom stereocenters. The summed E-state index contributed by atoms with van der Waals surface area (Å²) in [5, 5.41) is 15.9. The fourth-order valence-corrected chi connectivity index (χ4v) is 5.60. The number of para-hydroxylation sites is 1. The molecule has 0 fully saturated rings. The molecule has 0 spiro atoms. The second-order valence-corrected chi connectivity index (χ2v) is 9.91. The number of thiazole rings is 1. The second-order valence-electron chi connectivity index (χ2n) is 7.88. The van der Waals surface area contributed by atoms with Crippen LogP contribution in [0.1, 0.15) is 24.5 Å². The molecule has 8 heteroatoms. The van der Waals surface area contributed by atoms with Crippen LogP contribution in [0.3, 0.4) is 0 Å². The molecule has 2 aromatic carbocycles. The first kappa shape index (κ1) is 21.6. The third kappa shape index (κ3) is 4.12. The van der Waals surface area contributed by atoms with Gasteiger partial charge in [0.05, 0.1) is 16.5 Å². The SMILES string of the molecule is CCC(Sc1nnc2cc(C)c3cccc(C)c3n12)C(=O)Nc1nc(-c2ccccc2)cs1. The molecule has 6 nitrogen and oxygen atoms in total. The minimum Gasteiger partial charge on any atom is -0.301 e. The maximum absolute atomic E-state index is 13.1. The first-order valence-electron chi connectivity index (χ1n) is 10.8. The van der Waals surface area contributed by atoms with Crippen LogP contribution in [0.25, 0.3) is 27.8 Å². The lowest BCUT2D eigenvalue weighted by Gasteiger charge is -2.14. The van der Waals surface area contributed by atoms with Gasteiger partial charge in [0, 0.05) is 16.3 Å². The Morgan fingerprint density at radius 1 is 1.09 bits per heavy atom. The van der Waals surface area contributed by atoms with E-state index in [0.29, 0.717) is 11.6 Å². The van der Waals surface area contributed by atoms with E-state index in [4.69, 9.17) is 0 Å². The molecule has 0 aliphatic carbocycles. The molecule has 0 radical (unpaired) electrons. The highest BCUT2D eigenvalue weighted by Crippen LogP contribution is 2.31. The van der Waals surface area contributed by atoms with E-state index >= 15 is 0 Å². The number of anilines is 1. The highest BCUT2D eigenvalue weighted by atomic mass is 32.2. The molecule has 0 bridgehead atoms. The van der Waals surface area contributed by atoms with Gasteiger partial charge in [-0.05, 0) is 37.5 Å². The summed E-state index contributed by atoms with van der Waals surface area (Å²) < 4.78 is 2.06. The standard InChI is InChI=1S/C25H23N5OS2/c1-4-20(23(31)27-24-26-19(14-32-24)17-10-6-5-7-11-17)33-25-29-28-21-13-16(3)18-12-8-9-15(2)22(18)30(21)25/h5-14,20H,4H2,1-3H3,(H,26,27,31). The summed E-state index contributed by atoms with van der Waals surface area (Å²) >= 11 is 2.87. The molecule has 33 heavy (non-hydrogen) atoms. The molecule has 1 amide bonds. The van der Waals surface area contributed by atoms with Crippen LogP contribution >= 0.6 is 23.1 Å². The fourth-order valence-electron chi connectivity index (χ4n) is 3.91. The van der Waals surface area contributed by atoms with E-state index in [1.54, 1.807) is 0 Å². The number of aryl methyl sites for hydroxylation is 2. The molecule has 5 aromatic rings. The van der Waals surface area contributed by atoms with Crippen molar-refractivity contribution < 1.29 is 4.79 Å². The summed E-state index contributed by atoms with van der Waals surface area (Å²) in [6, 6.07) is 18.3. The minimum atomic E-state index is -0.318. The summed E-state index contributed by atoms with van der Waals surface area (Å²) in [6.07, 6.45) is 0.658. The molecule has 0 saturated carbocycles. The molecule has 3 heterocycles.